The molecule has 110 valence electrons. The fourth-order valence-electron chi connectivity index (χ4n) is 2.69. The Morgan fingerprint density at radius 3 is 2.71 bits per heavy atom. The van der Waals surface area contributed by atoms with Gasteiger partial charge in [-0.05, 0) is 36.2 Å². The number of rotatable bonds is 3. The van der Waals surface area contributed by atoms with Crippen LogP contribution in [0, 0.1) is 0 Å². The number of morpholine rings is 1. The molecule has 3 rings (SSSR count). The van der Waals surface area contributed by atoms with E-state index in [4.69, 9.17) is 16.3 Å². The first-order valence-electron chi connectivity index (χ1n) is 7.27. The average Bonchev–Trinajstić information content (AvgIpc) is 2.55. The first-order chi connectivity index (χ1) is 10.2. The van der Waals surface area contributed by atoms with Crippen LogP contribution in [0.5, 0.6) is 0 Å². The molecule has 1 aromatic heterocycles. The van der Waals surface area contributed by atoms with E-state index in [1.165, 1.54) is 5.56 Å². The molecule has 0 spiro atoms. The molecule has 1 fully saturated rings. The summed E-state index contributed by atoms with van der Waals surface area (Å²) in [6, 6.07) is 10.4. The van der Waals surface area contributed by atoms with E-state index in [0.29, 0.717) is 6.04 Å². The molecule has 1 saturated heterocycles. The third kappa shape index (κ3) is 3.43. The molecule has 0 N–H and O–H groups in total. The molecule has 1 unspecified atom stereocenters. The quantitative estimate of drug-likeness (QED) is 0.862. The standard InChI is InChI=1S/C17H19ClN2O/c1-13(20-5-7-21-8-6-20)15-9-16(12-19-11-15)14-3-2-4-17(18)10-14/h2-4,9-13H,5-8H2,1H3. The summed E-state index contributed by atoms with van der Waals surface area (Å²) in [5.41, 5.74) is 3.44. The van der Waals surface area contributed by atoms with Crippen molar-refractivity contribution in [1.29, 1.82) is 0 Å². The fraction of sp³-hybridized carbons (Fsp3) is 0.353. The lowest BCUT2D eigenvalue weighted by molar-refractivity contribution is 0.0198. The van der Waals surface area contributed by atoms with E-state index in [-0.39, 0.29) is 0 Å². The predicted octanol–water partition coefficient (Wildman–Crippen LogP) is 3.80. The van der Waals surface area contributed by atoms with Gasteiger partial charge in [0, 0.05) is 42.1 Å². The van der Waals surface area contributed by atoms with Crippen LogP contribution >= 0.6 is 11.6 Å². The number of hydrogen-bond acceptors (Lipinski definition) is 3. The van der Waals surface area contributed by atoms with Crippen LogP contribution in [0.1, 0.15) is 18.5 Å². The van der Waals surface area contributed by atoms with Gasteiger partial charge >= 0.3 is 0 Å². The molecule has 1 aliphatic rings. The summed E-state index contributed by atoms with van der Waals surface area (Å²) >= 11 is 6.08. The summed E-state index contributed by atoms with van der Waals surface area (Å²) in [5, 5.41) is 0.749. The van der Waals surface area contributed by atoms with Crippen LogP contribution in [-0.2, 0) is 4.74 Å². The van der Waals surface area contributed by atoms with Gasteiger partial charge in [-0.25, -0.2) is 0 Å². The lowest BCUT2D eigenvalue weighted by Gasteiger charge is -2.32. The molecule has 2 heterocycles. The molecule has 0 bridgehead atoms. The van der Waals surface area contributed by atoms with Crippen molar-refractivity contribution < 1.29 is 4.74 Å². The molecule has 1 aromatic carbocycles. The van der Waals surface area contributed by atoms with E-state index >= 15 is 0 Å². The topological polar surface area (TPSA) is 25.4 Å². The second-order valence-electron chi connectivity index (χ2n) is 5.34. The average molecular weight is 303 g/mol. The van der Waals surface area contributed by atoms with Crippen LogP contribution in [0.3, 0.4) is 0 Å². The number of aromatic nitrogens is 1. The van der Waals surface area contributed by atoms with E-state index in [1.54, 1.807) is 0 Å². The Bertz CT molecular complexity index is 611. The highest BCUT2D eigenvalue weighted by molar-refractivity contribution is 6.30. The number of pyridine rings is 1. The molecule has 2 aromatic rings. The van der Waals surface area contributed by atoms with Crippen molar-refractivity contribution >= 4 is 11.6 Å². The monoisotopic (exact) mass is 302 g/mol. The predicted molar refractivity (Wildman–Crippen MR) is 85.5 cm³/mol. The van der Waals surface area contributed by atoms with Crippen molar-refractivity contribution in [3.8, 4) is 11.1 Å². The summed E-state index contributed by atoms with van der Waals surface area (Å²) < 4.78 is 5.42. The SMILES string of the molecule is CC(c1cncc(-c2cccc(Cl)c2)c1)N1CCOCC1. The second kappa shape index (κ2) is 6.56. The van der Waals surface area contributed by atoms with Gasteiger partial charge < -0.3 is 4.74 Å². The highest BCUT2D eigenvalue weighted by atomic mass is 35.5. The fourth-order valence-corrected chi connectivity index (χ4v) is 2.88. The van der Waals surface area contributed by atoms with Gasteiger partial charge in [0.1, 0.15) is 0 Å². The molecular weight excluding hydrogens is 284 g/mol. The number of nitrogens with zero attached hydrogens (tertiary/aromatic N) is 2. The van der Waals surface area contributed by atoms with Gasteiger partial charge in [0.15, 0.2) is 0 Å². The minimum Gasteiger partial charge on any atom is -0.379 e. The zero-order chi connectivity index (χ0) is 14.7. The summed E-state index contributed by atoms with van der Waals surface area (Å²) in [6.45, 7) is 5.80. The minimum absolute atomic E-state index is 0.348. The van der Waals surface area contributed by atoms with Crippen LogP contribution in [0.15, 0.2) is 42.7 Å². The zero-order valence-corrected chi connectivity index (χ0v) is 12.9. The van der Waals surface area contributed by atoms with E-state index in [0.717, 1.165) is 42.5 Å². The Morgan fingerprint density at radius 2 is 1.95 bits per heavy atom. The van der Waals surface area contributed by atoms with Crippen molar-refractivity contribution in [3.05, 3.63) is 53.3 Å². The molecule has 21 heavy (non-hydrogen) atoms. The maximum atomic E-state index is 6.08. The normalized spacial score (nSPS) is 17.6. The zero-order valence-electron chi connectivity index (χ0n) is 12.1. The van der Waals surface area contributed by atoms with Crippen molar-refractivity contribution in [1.82, 2.24) is 9.88 Å². The highest BCUT2D eigenvalue weighted by Crippen LogP contribution is 2.27. The van der Waals surface area contributed by atoms with Crippen LogP contribution < -0.4 is 0 Å². The van der Waals surface area contributed by atoms with Crippen LogP contribution in [-0.4, -0.2) is 36.2 Å². The number of ether oxygens (including phenoxy) is 1. The van der Waals surface area contributed by atoms with Gasteiger partial charge in [-0.1, -0.05) is 23.7 Å². The maximum absolute atomic E-state index is 6.08. The molecule has 1 aliphatic heterocycles. The number of hydrogen-bond donors (Lipinski definition) is 0. The Morgan fingerprint density at radius 1 is 1.14 bits per heavy atom. The van der Waals surface area contributed by atoms with Crippen molar-refractivity contribution in [2.75, 3.05) is 26.3 Å². The smallest absolute Gasteiger partial charge is 0.0594 e. The molecule has 4 heteroatoms. The molecule has 0 aliphatic carbocycles. The van der Waals surface area contributed by atoms with E-state index in [2.05, 4.69) is 28.9 Å². The maximum Gasteiger partial charge on any atom is 0.0594 e. The van der Waals surface area contributed by atoms with Gasteiger partial charge in [0.25, 0.3) is 0 Å². The molecule has 1 atom stereocenters. The first-order valence-corrected chi connectivity index (χ1v) is 7.64. The van der Waals surface area contributed by atoms with Gasteiger partial charge in [-0.2, -0.15) is 0 Å². The molecule has 3 nitrogen and oxygen atoms in total. The van der Waals surface area contributed by atoms with Gasteiger partial charge in [-0.3, -0.25) is 9.88 Å². The van der Waals surface area contributed by atoms with Crippen LogP contribution in [0.25, 0.3) is 11.1 Å². The first kappa shape index (κ1) is 14.5. The Kier molecular flexibility index (Phi) is 4.54. The summed E-state index contributed by atoms with van der Waals surface area (Å²) in [5.74, 6) is 0. The van der Waals surface area contributed by atoms with Gasteiger partial charge in [-0.15, -0.1) is 0 Å². The van der Waals surface area contributed by atoms with Crippen molar-refractivity contribution in [2.45, 2.75) is 13.0 Å². The summed E-state index contributed by atoms with van der Waals surface area (Å²) in [6.07, 6.45) is 3.84. The van der Waals surface area contributed by atoms with Crippen molar-refractivity contribution in [3.63, 3.8) is 0 Å². The van der Waals surface area contributed by atoms with Crippen molar-refractivity contribution in [2.24, 2.45) is 0 Å². The largest absolute Gasteiger partial charge is 0.379 e. The van der Waals surface area contributed by atoms with E-state index in [9.17, 15) is 0 Å². The lowest BCUT2D eigenvalue weighted by atomic mass is 10.0. The van der Waals surface area contributed by atoms with Crippen LogP contribution in [0.4, 0.5) is 0 Å². The second-order valence-corrected chi connectivity index (χ2v) is 5.78. The van der Waals surface area contributed by atoms with Crippen LogP contribution in [0.2, 0.25) is 5.02 Å². The highest BCUT2D eigenvalue weighted by Gasteiger charge is 2.19. The third-order valence-corrected chi connectivity index (χ3v) is 4.23. The number of benzene rings is 1. The molecule has 0 saturated carbocycles. The molecular formula is C17H19ClN2O. The van der Waals surface area contributed by atoms with Gasteiger partial charge in [0.2, 0.25) is 0 Å². The number of halogens is 1. The minimum atomic E-state index is 0.348. The lowest BCUT2D eigenvalue weighted by Crippen LogP contribution is -2.38. The van der Waals surface area contributed by atoms with E-state index in [1.807, 2.05) is 30.6 Å². The Balaban J connectivity index is 1.85. The molecule has 0 radical (unpaired) electrons. The summed E-state index contributed by atoms with van der Waals surface area (Å²) in [7, 11) is 0. The van der Waals surface area contributed by atoms with E-state index < -0.39 is 0 Å². The Labute approximate surface area is 130 Å². The summed E-state index contributed by atoms with van der Waals surface area (Å²) in [4.78, 5) is 6.84. The molecule has 0 amide bonds. The third-order valence-electron chi connectivity index (χ3n) is 3.99. The Hall–Kier alpha value is -1.42. The van der Waals surface area contributed by atoms with Gasteiger partial charge in [0.05, 0.1) is 13.2 Å².